The van der Waals surface area contributed by atoms with Gasteiger partial charge in [0.25, 0.3) is 11.8 Å². The van der Waals surface area contributed by atoms with E-state index in [4.69, 9.17) is 18.9 Å². The average molecular weight is 532 g/mol. The van der Waals surface area contributed by atoms with Crippen LogP contribution >= 0.6 is 11.8 Å². The Morgan fingerprint density at radius 3 is 2.11 bits per heavy atom. The maximum absolute atomic E-state index is 13.6. The van der Waals surface area contributed by atoms with E-state index in [1.54, 1.807) is 24.3 Å². The minimum atomic E-state index is -0.982. The predicted molar refractivity (Wildman–Crippen MR) is 137 cm³/mol. The summed E-state index contributed by atoms with van der Waals surface area (Å²) >= 11 is 1.36. The number of hydrogen-bond donors (Lipinski definition) is 0. The number of hydrogen-bond acceptors (Lipinski definition) is 8. The fourth-order valence-corrected chi connectivity index (χ4v) is 6.34. The van der Waals surface area contributed by atoms with Crippen molar-refractivity contribution in [2.75, 3.05) is 6.61 Å². The smallest absolute Gasteiger partial charge is 0.303 e. The Morgan fingerprint density at radius 2 is 1.47 bits per heavy atom. The highest BCUT2D eigenvalue weighted by Crippen LogP contribution is 2.43. The number of nitrogens with zero attached hydrogens (tertiary/aromatic N) is 1. The maximum atomic E-state index is 13.6. The van der Waals surface area contributed by atoms with Crippen molar-refractivity contribution in [1.29, 1.82) is 0 Å². The SMILES string of the molecule is CC(=O)O[C@H]1[C@@H]2OC(c3ccccc3)OC[C@H]2O[C@@H](Sc2ccccc2)[C@@H]1N1C(=O)c2ccccc2C1=O. The molecule has 2 fully saturated rings. The fourth-order valence-electron chi connectivity index (χ4n) is 5.15. The van der Waals surface area contributed by atoms with Gasteiger partial charge in [-0.25, -0.2) is 0 Å². The molecule has 0 aliphatic carbocycles. The summed E-state index contributed by atoms with van der Waals surface area (Å²) in [6.45, 7) is 1.49. The van der Waals surface area contributed by atoms with Crippen LogP contribution < -0.4 is 0 Å². The van der Waals surface area contributed by atoms with Crippen LogP contribution in [0.25, 0.3) is 0 Å². The Labute approximate surface area is 223 Å². The van der Waals surface area contributed by atoms with E-state index in [9.17, 15) is 14.4 Å². The lowest BCUT2D eigenvalue weighted by Gasteiger charge is -2.50. The maximum Gasteiger partial charge on any atom is 0.303 e. The van der Waals surface area contributed by atoms with E-state index in [-0.39, 0.29) is 6.61 Å². The van der Waals surface area contributed by atoms with Gasteiger partial charge >= 0.3 is 5.97 Å². The molecule has 6 atom stereocenters. The van der Waals surface area contributed by atoms with E-state index >= 15 is 0 Å². The van der Waals surface area contributed by atoms with Gasteiger partial charge in [-0.3, -0.25) is 19.3 Å². The molecule has 0 spiro atoms. The third-order valence-corrected chi connectivity index (χ3v) is 7.97. The second-order valence-corrected chi connectivity index (χ2v) is 10.4. The van der Waals surface area contributed by atoms with E-state index < -0.39 is 53.9 Å². The van der Waals surface area contributed by atoms with Crippen LogP contribution in [0.1, 0.15) is 39.5 Å². The van der Waals surface area contributed by atoms with Crippen LogP contribution in [0.3, 0.4) is 0 Å². The molecule has 3 heterocycles. The van der Waals surface area contributed by atoms with Gasteiger partial charge in [0, 0.05) is 17.4 Å². The normalized spacial score (nSPS) is 28.5. The summed E-state index contributed by atoms with van der Waals surface area (Å²) in [4.78, 5) is 41.7. The molecular formula is C29H25NO7S. The summed E-state index contributed by atoms with van der Waals surface area (Å²) in [6.07, 6.45) is -3.07. The topological polar surface area (TPSA) is 91.4 Å². The van der Waals surface area contributed by atoms with Gasteiger partial charge < -0.3 is 18.9 Å². The molecule has 9 heteroatoms. The van der Waals surface area contributed by atoms with Crippen molar-refractivity contribution in [1.82, 2.24) is 4.90 Å². The highest BCUT2D eigenvalue weighted by atomic mass is 32.2. The first-order chi connectivity index (χ1) is 18.5. The first-order valence-electron chi connectivity index (χ1n) is 12.3. The largest absolute Gasteiger partial charge is 0.457 e. The lowest BCUT2D eigenvalue weighted by Crippen LogP contribution is -2.67. The van der Waals surface area contributed by atoms with Gasteiger partial charge in [-0.1, -0.05) is 72.4 Å². The van der Waals surface area contributed by atoms with Gasteiger partial charge in [0.2, 0.25) is 0 Å². The van der Waals surface area contributed by atoms with E-state index in [2.05, 4.69) is 0 Å². The molecule has 2 saturated heterocycles. The Balaban J connectivity index is 1.41. The molecule has 0 saturated carbocycles. The Bertz CT molecular complexity index is 1320. The van der Waals surface area contributed by atoms with Gasteiger partial charge in [0.05, 0.1) is 17.7 Å². The van der Waals surface area contributed by atoms with Crippen LogP contribution in [0.15, 0.2) is 89.8 Å². The summed E-state index contributed by atoms with van der Waals surface area (Å²) in [7, 11) is 0. The van der Waals surface area contributed by atoms with Crippen molar-refractivity contribution in [3.8, 4) is 0 Å². The quantitative estimate of drug-likeness (QED) is 0.357. The molecule has 2 amide bonds. The standard InChI is InChI=1S/C29H25NO7S/c1-17(31)35-25-23(30-26(32)20-14-8-9-15-21(20)27(30)33)29(38-19-12-6-3-7-13-19)36-22-16-34-28(37-24(22)25)18-10-4-2-5-11-18/h2-15,22-25,28-29H,16H2,1H3/t22-,23-,24-,25-,28?,29+/m1/s1. The van der Waals surface area contributed by atoms with Gasteiger partial charge in [0.15, 0.2) is 12.4 Å². The second kappa shape index (κ2) is 10.3. The number of benzene rings is 3. The first kappa shape index (κ1) is 24.8. The molecule has 3 aliphatic rings. The van der Waals surface area contributed by atoms with E-state index in [1.165, 1.54) is 23.6 Å². The second-order valence-electron chi connectivity index (χ2n) is 9.24. The summed E-state index contributed by atoms with van der Waals surface area (Å²) in [5, 5.41) is 0. The monoisotopic (exact) mass is 531 g/mol. The zero-order chi connectivity index (χ0) is 26.2. The van der Waals surface area contributed by atoms with Crippen molar-refractivity contribution in [3.63, 3.8) is 0 Å². The third-order valence-electron chi connectivity index (χ3n) is 6.80. The molecule has 0 N–H and O–H groups in total. The van der Waals surface area contributed by atoms with Gasteiger partial charge in [-0.05, 0) is 24.3 Å². The Kier molecular flexibility index (Phi) is 6.75. The molecule has 8 nitrogen and oxygen atoms in total. The number of esters is 1. The highest BCUT2D eigenvalue weighted by Gasteiger charge is 2.57. The van der Waals surface area contributed by atoms with Crippen molar-refractivity contribution >= 4 is 29.5 Å². The van der Waals surface area contributed by atoms with Crippen molar-refractivity contribution in [2.45, 2.75) is 47.9 Å². The van der Waals surface area contributed by atoms with E-state index in [0.29, 0.717) is 11.1 Å². The lowest BCUT2D eigenvalue weighted by atomic mass is 9.95. The number of amides is 2. The summed E-state index contributed by atoms with van der Waals surface area (Å²) < 4.78 is 24.7. The molecule has 0 radical (unpaired) electrons. The number of fused-ring (bicyclic) bond motifs is 2. The van der Waals surface area contributed by atoms with E-state index in [1.807, 2.05) is 60.7 Å². The lowest BCUT2D eigenvalue weighted by molar-refractivity contribution is -0.311. The molecule has 3 aliphatic heterocycles. The van der Waals surface area contributed by atoms with Gasteiger partial charge in [0.1, 0.15) is 23.7 Å². The van der Waals surface area contributed by atoms with Crippen LogP contribution in [0.4, 0.5) is 0 Å². The Hall–Kier alpha value is -3.50. The molecule has 3 aromatic rings. The number of carbonyl (C=O) groups is 3. The zero-order valence-electron chi connectivity index (χ0n) is 20.5. The van der Waals surface area contributed by atoms with Crippen molar-refractivity contribution in [3.05, 3.63) is 102 Å². The first-order valence-corrected chi connectivity index (χ1v) is 13.2. The van der Waals surface area contributed by atoms with Crippen LogP contribution in [0.5, 0.6) is 0 Å². The zero-order valence-corrected chi connectivity index (χ0v) is 21.3. The predicted octanol–water partition coefficient (Wildman–Crippen LogP) is 4.21. The molecular weight excluding hydrogens is 506 g/mol. The number of ether oxygens (including phenoxy) is 4. The molecule has 194 valence electrons. The summed E-state index contributed by atoms with van der Waals surface area (Å²) in [6, 6.07) is 24.7. The molecule has 0 aromatic heterocycles. The van der Waals surface area contributed by atoms with Crippen molar-refractivity contribution < 1.29 is 33.3 Å². The summed E-state index contributed by atoms with van der Waals surface area (Å²) in [5.74, 6) is -1.47. The number of carbonyl (C=O) groups excluding carboxylic acids is 3. The van der Waals surface area contributed by atoms with Crippen LogP contribution in [0.2, 0.25) is 0 Å². The average Bonchev–Trinajstić information content (AvgIpc) is 3.19. The minimum absolute atomic E-state index is 0.183. The van der Waals surface area contributed by atoms with Crippen LogP contribution in [-0.2, 0) is 23.7 Å². The molecule has 1 unspecified atom stereocenters. The summed E-state index contributed by atoms with van der Waals surface area (Å²) in [5.41, 5.74) is 0.663. The van der Waals surface area contributed by atoms with E-state index in [0.717, 1.165) is 10.5 Å². The minimum Gasteiger partial charge on any atom is -0.457 e. The molecule has 3 aromatic carbocycles. The number of rotatable bonds is 5. The van der Waals surface area contributed by atoms with Gasteiger partial charge in [-0.15, -0.1) is 0 Å². The highest BCUT2D eigenvalue weighted by molar-refractivity contribution is 7.99. The third kappa shape index (κ3) is 4.52. The molecule has 6 rings (SSSR count). The number of thioether (sulfide) groups is 1. The number of imide groups is 1. The molecule has 38 heavy (non-hydrogen) atoms. The van der Waals surface area contributed by atoms with Crippen LogP contribution in [-0.4, -0.2) is 59.1 Å². The fraction of sp³-hybridized carbons (Fsp3) is 0.276. The Morgan fingerprint density at radius 1 is 0.868 bits per heavy atom. The van der Waals surface area contributed by atoms with Gasteiger partial charge in [-0.2, -0.15) is 0 Å². The molecule has 0 bridgehead atoms. The van der Waals surface area contributed by atoms with Crippen LogP contribution in [0, 0.1) is 0 Å². The van der Waals surface area contributed by atoms with Crippen molar-refractivity contribution in [2.24, 2.45) is 0 Å².